The summed E-state index contributed by atoms with van der Waals surface area (Å²) in [6.45, 7) is 3.96. The maximum Gasteiger partial charge on any atom is 0.320 e. The lowest BCUT2D eigenvalue weighted by Crippen LogP contribution is -2.22. The number of rotatable bonds is 6. The van der Waals surface area contributed by atoms with Crippen LogP contribution in [0, 0.1) is 17.0 Å². The van der Waals surface area contributed by atoms with Crippen molar-refractivity contribution in [3.05, 3.63) is 45.8 Å². The van der Waals surface area contributed by atoms with Crippen LogP contribution in [0.1, 0.15) is 33.6 Å². The molecule has 0 atom stereocenters. The molecule has 29 heavy (non-hydrogen) atoms. The first-order chi connectivity index (χ1) is 13.7. The monoisotopic (exact) mass is 401 g/mol. The number of amides is 2. The average Bonchev–Trinajstić information content (AvgIpc) is 3.34. The molecule has 0 unspecified atom stereocenters. The first-order valence-corrected chi connectivity index (χ1v) is 8.58. The van der Waals surface area contributed by atoms with Gasteiger partial charge in [-0.15, -0.1) is 0 Å². The van der Waals surface area contributed by atoms with Crippen molar-refractivity contribution >= 4 is 28.9 Å². The van der Waals surface area contributed by atoms with E-state index in [1.807, 2.05) is 0 Å². The van der Waals surface area contributed by atoms with E-state index in [1.165, 1.54) is 24.1 Å². The summed E-state index contributed by atoms with van der Waals surface area (Å²) in [4.78, 5) is 36.0. The summed E-state index contributed by atoms with van der Waals surface area (Å²) in [7, 11) is 3.16. The summed E-state index contributed by atoms with van der Waals surface area (Å²) in [6, 6.07) is 0. The number of carbonyl (C=O) groups excluding carboxylic acids is 2. The second-order valence-corrected chi connectivity index (χ2v) is 6.16. The van der Waals surface area contributed by atoms with Crippen molar-refractivity contribution in [3.8, 4) is 0 Å². The lowest BCUT2D eigenvalue weighted by atomic mass is 10.2. The highest BCUT2D eigenvalue weighted by atomic mass is 16.6. The van der Waals surface area contributed by atoms with Gasteiger partial charge in [0.05, 0.1) is 34.4 Å². The summed E-state index contributed by atoms with van der Waals surface area (Å²) >= 11 is 0. The lowest BCUT2D eigenvalue weighted by Gasteiger charge is -2.10. The van der Waals surface area contributed by atoms with Gasteiger partial charge in [0.15, 0.2) is 0 Å². The summed E-state index contributed by atoms with van der Waals surface area (Å²) in [6.07, 6.45) is 3.81. The second kappa shape index (κ2) is 7.53. The van der Waals surface area contributed by atoms with Gasteiger partial charge >= 0.3 is 5.69 Å². The largest absolute Gasteiger partial charge is 0.320 e. The van der Waals surface area contributed by atoms with Crippen LogP contribution in [0.5, 0.6) is 0 Å². The van der Waals surface area contributed by atoms with Crippen molar-refractivity contribution in [1.29, 1.82) is 0 Å². The summed E-state index contributed by atoms with van der Waals surface area (Å²) < 4.78 is 4.11. The Kier molecular flexibility index (Phi) is 5.12. The van der Waals surface area contributed by atoms with Crippen LogP contribution in [0.3, 0.4) is 0 Å². The van der Waals surface area contributed by atoms with Gasteiger partial charge in [-0.25, -0.2) is 0 Å². The molecule has 3 rings (SSSR count). The number of hydrogen-bond donors (Lipinski definition) is 2. The molecule has 0 aliphatic heterocycles. The molecule has 0 aromatic carbocycles. The minimum atomic E-state index is -0.779. The molecular formula is C16H19N9O4. The van der Waals surface area contributed by atoms with Gasteiger partial charge in [0.1, 0.15) is 11.9 Å². The molecule has 0 fully saturated rings. The summed E-state index contributed by atoms with van der Waals surface area (Å²) in [5, 5.41) is 28.3. The molecule has 0 radical (unpaired) electrons. The van der Waals surface area contributed by atoms with Crippen LogP contribution in [0.4, 0.5) is 17.1 Å². The van der Waals surface area contributed by atoms with Gasteiger partial charge in [-0.05, 0) is 13.8 Å². The van der Waals surface area contributed by atoms with Gasteiger partial charge in [0.25, 0.3) is 11.8 Å². The zero-order valence-electron chi connectivity index (χ0n) is 16.2. The topological polar surface area (TPSA) is 155 Å². The molecule has 0 aliphatic carbocycles. The minimum absolute atomic E-state index is 0.105. The highest BCUT2D eigenvalue weighted by Crippen LogP contribution is 2.22. The van der Waals surface area contributed by atoms with E-state index in [4.69, 9.17) is 0 Å². The van der Waals surface area contributed by atoms with Crippen LogP contribution in [-0.4, -0.2) is 46.1 Å². The Labute approximate surface area is 164 Å². The van der Waals surface area contributed by atoms with Crippen LogP contribution >= 0.6 is 0 Å². The average molecular weight is 401 g/mol. The Morgan fingerprint density at radius 1 is 1.00 bits per heavy atom. The van der Waals surface area contributed by atoms with Gasteiger partial charge in [0.2, 0.25) is 5.69 Å². The lowest BCUT2D eigenvalue weighted by molar-refractivity contribution is -0.385. The fourth-order valence-electron chi connectivity index (χ4n) is 2.76. The molecular weight excluding hydrogens is 382 g/mol. The van der Waals surface area contributed by atoms with Crippen molar-refractivity contribution < 1.29 is 14.5 Å². The van der Waals surface area contributed by atoms with E-state index in [0.717, 1.165) is 16.6 Å². The third-order valence-electron chi connectivity index (χ3n) is 4.42. The molecule has 3 aromatic heterocycles. The zero-order chi connectivity index (χ0) is 21.3. The molecule has 2 N–H and O–H groups in total. The van der Waals surface area contributed by atoms with Gasteiger partial charge in [-0.3, -0.25) is 33.7 Å². The summed E-state index contributed by atoms with van der Waals surface area (Å²) in [5.41, 5.74) is 0.803. The standard InChI is InChI=1S/C16H19N9O4/c1-5-24-13(15(26)20-10-6-17-22(3)9(10)2)11(7-19-24)21-16(27)14-12(25(28)29)8-18-23(14)4/h6-8H,5H2,1-4H3,(H,20,26)(H,21,27). The van der Waals surface area contributed by atoms with Gasteiger partial charge in [-0.1, -0.05) is 0 Å². The third-order valence-corrected chi connectivity index (χ3v) is 4.42. The van der Waals surface area contributed by atoms with Gasteiger partial charge < -0.3 is 10.6 Å². The van der Waals surface area contributed by atoms with E-state index in [2.05, 4.69) is 25.9 Å². The Morgan fingerprint density at radius 2 is 1.59 bits per heavy atom. The predicted molar refractivity (Wildman–Crippen MR) is 102 cm³/mol. The van der Waals surface area contributed by atoms with E-state index >= 15 is 0 Å². The number of anilines is 2. The molecule has 0 saturated heterocycles. The molecule has 13 heteroatoms. The maximum atomic E-state index is 12.9. The molecule has 0 bridgehead atoms. The fourth-order valence-corrected chi connectivity index (χ4v) is 2.76. The first kappa shape index (κ1) is 19.7. The summed E-state index contributed by atoms with van der Waals surface area (Å²) in [5.74, 6) is -1.28. The minimum Gasteiger partial charge on any atom is -0.318 e. The molecule has 13 nitrogen and oxygen atoms in total. The normalized spacial score (nSPS) is 10.8. The molecule has 2 amide bonds. The predicted octanol–water partition coefficient (Wildman–Crippen LogP) is 1.09. The highest BCUT2D eigenvalue weighted by Gasteiger charge is 2.28. The number of aryl methyl sites for hydroxylation is 3. The zero-order valence-corrected chi connectivity index (χ0v) is 16.2. The third kappa shape index (κ3) is 3.56. The molecule has 0 saturated carbocycles. The number of aromatic nitrogens is 6. The molecule has 152 valence electrons. The Morgan fingerprint density at radius 3 is 2.17 bits per heavy atom. The number of nitrogens with one attached hydrogen (secondary N) is 2. The van der Waals surface area contributed by atoms with Crippen molar-refractivity contribution in [1.82, 2.24) is 29.3 Å². The van der Waals surface area contributed by atoms with Crippen LogP contribution < -0.4 is 10.6 Å². The SMILES string of the molecule is CCn1ncc(NC(=O)c2c([N+](=O)[O-])cnn2C)c1C(=O)Nc1cnn(C)c1C. The first-order valence-electron chi connectivity index (χ1n) is 8.58. The van der Waals surface area contributed by atoms with Gasteiger partial charge in [0, 0.05) is 20.6 Å². The highest BCUT2D eigenvalue weighted by molar-refractivity contribution is 6.12. The quantitative estimate of drug-likeness (QED) is 0.463. The molecule has 0 aliphatic rings. The van der Waals surface area contributed by atoms with E-state index in [-0.39, 0.29) is 17.1 Å². The van der Waals surface area contributed by atoms with Crippen LogP contribution in [0.25, 0.3) is 0 Å². The van der Waals surface area contributed by atoms with Crippen LogP contribution in [-0.2, 0) is 20.6 Å². The van der Waals surface area contributed by atoms with Gasteiger partial charge in [-0.2, -0.15) is 15.3 Å². The maximum absolute atomic E-state index is 12.9. The number of nitrogens with zero attached hydrogens (tertiary/aromatic N) is 7. The smallest absolute Gasteiger partial charge is 0.318 e. The van der Waals surface area contributed by atoms with E-state index in [9.17, 15) is 19.7 Å². The molecule has 3 heterocycles. The van der Waals surface area contributed by atoms with Crippen molar-refractivity contribution in [2.24, 2.45) is 14.1 Å². The Bertz CT molecular complexity index is 1110. The Hall–Kier alpha value is -4.03. The second-order valence-electron chi connectivity index (χ2n) is 6.16. The molecule has 0 spiro atoms. The Balaban J connectivity index is 1.92. The molecule has 3 aromatic rings. The van der Waals surface area contributed by atoms with Crippen molar-refractivity contribution in [2.45, 2.75) is 20.4 Å². The van der Waals surface area contributed by atoms with Crippen molar-refractivity contribution in [3.63, 3.8) is 0 Å². The number of nitro groups is 1. The fraction of sp³-hybridized carbons (Fsp3) is 0.312. The van der Waals surface area contributed by atoms with E-state index < -0.39 is 22.4 Å². The van der Waals surface area contributed by atoms with Crippen LogP contribution in [0.2, 0.25) is 0 Å². The van der Waals surface area contributed by atoms with Crippen molar-refractivity contribution in [2.75, 3.05) is 10.6 Å². The van der Waals surface area contributed by atoms with E-state index in [0.29, 0.717) is 12.2 Å². The van der Waals surface area contributed by atoms with Crippen LogP contribution in [0.15, 0.2) is 18.6 Å². The number of carbonyl (C=O) groups is 2. The number of hydrogen-bond acceptors (Lipinski definition) is 7. The van der Waals surface area contributed by atoms with E-state index in [1.54, 1.807) is 25.6 Å².